The van der Waals surface area contributed by atoms with Crippen LogP contribution in [0, 0.1) is 6.92 Å². The van der Waals surface area contributed by atoms with E-state index in [1.165, 1.54) is 12.3 Å². The molecule has 1 aliphatic rings. The molecule has 10 heteroatoms. The lowest BCUT2D eigenvalue weighted by molar-refractivity contribution is -0.125. The molecular weight excluding hydrogens is 320 g/mol. The fourth-order valence-corrected chi connectivity index (χ4v) is 5.27. The number of sulfonamides is 1. The minimum atomic E-state index is -4.14. The maximum atomic E-state index is 12.7. The average Bonchev–Trinajstić information content (AvgIpc) is 2.81. The number of carbonyl (C=O) groups excluding carboxylic acids is 1. The summed E-state index contributed by atoms with van der Waals surface area (Å²) < 4.78 is 31.4. The van der Waals surface area contributed by atoms with Crippen molar-refractivity contribution < 1.29 is 27.9 Å². The van der Waals surface area contributed by atoms with Crippen molar-refractivity contribution in [3.05, 3.63) is 15.8 Å². The van der Waals surface area contributed by atoms with Gasteiger partial charge < -0.3 is 15.6 Å². The topological polar surface area (TPSA) is 127 Å². The molecule has 21 heavy (non-hydrogen) atoms. The summed E-state index contributed by atoms with van der Waals surface area (Å²) in [5, 5.41) is 10.6. The number of hydrogen-bond acceptors (Lipinski definition) is 6. The van der Waals surface area contributed by atoms with Crippen LogP contribution in [0.5, 0.6) is 0 Å². The Kier molecular flexibility index (Phi) is 4.33. The number of morpholine rings is 1. The first kappa shape index (κ1) is 15.9. The zero-order valence-corrected chi connectivity index (χ0v) is 12.7. The largest absolute Gasteiger partial charge is 0.477 e. The average molecular weight is 334 g/mol. The zero-order valence-electron chi connectivity index (χ0n) is 11.1. The molecule has 1 unspecified atom stereocenters. The van der Waals surface area contributed by atoms with Crippen molar-refractivity contribution in [3.63, 3.8) is 0 Å². The monoisotopic (exact) mass is 334 g/mol. The van der Waals surface area contributed by atoms with Gasteiger partial charge in [0.05, 0.1) is 13.2 Å². The number of primary amides is 1. The number of nitrogens with zero attached hydrogens (tertiary/aromatic N) is 1. The molecule has 1 atom stereocenters. The Labute approximate surface area is 125 Å². The number of thiophene rings is 1. The van der Waals surface area contributed by atoms with E-state index in [9.17, 15) is 18.0 Å². The fraction of sp³-hybridized carbons (Fsp3) is 0.455. The second kappa shape index (κ2) is 5.72. The molecule has 0 aliphatic carbocycles. The summed E-state index contributed by atoms with van der Waals surface area (Å²) in [6.07, 6.45) is 0. The molecule has 8 nitrogen and oxygen atoms in total. The summed E-state index contributed by atoms with van der Waals surface area (Å²) in [6.45, 7) is 1.44. The minimum absolute atomic E-state index is 0.0513. The highest BCUT2D eigenvalue weighted by atomic mass is 32.2. The maximum absolute atomic E-state index is 12.7. The predicted molar refractivity (Wildman–Crippen MR) is 73.7 cm³/mol. The van der Waals surface area contributed by atoms with Crippen molar-refractivity contribution in [1.29, 1.82) is 0 Å². The van der Waals surface area contributed by atoms with Crippen molar-refractivity contribution in [1.82, 2.24) is 4.31 Å². The van der Waals surface area contributed by atoms with Crippen LogP contribution in [0.4, 0.5) is 0 Å². The number of aryl methyl sites for hydroxylation is 1. The lowest BCUT2D eigenvalue weighted by Gasteiger charge is -2.32. The van der Waals surface area contributed by atoms with Crippen LogP contribution in [0.25, 0.3) is 0 Å². The Hall–Kier alpha value is -1.49. The molecule has 2 rings (SSSR count). The lowest BCUT2D eigenvalue weighted by Crippen LogP contribution is -2.54. The van der Waals surface area contributed by atoms with E-state index in [0.29, 0.717) is 5.56 Å². The fourth-order valence-electron chi connectivity index (χ4n) is 2.12. The minimum Gasteiger partial charge on any atom is -0.477 e. The number of aromatic carboxylic acids is 1. The number of nitrogens with two attached hydrogens (primary N) is 1. The zero-order chi connectivity index (χ0) is 15.8. The molecule has 1 amide bonds. The van der Waals surface area contributed by atoms with Gasteiger partial charge in [-0.25, -0.2) is 13.2 Å². The highest BCUT2D eigenvalue weighted by Gasteiger charge is 2.40. The standard InChI is InChI=1S/C11H14N2O6S2/c1-6-5-20-8(11(15)16)9(6)21(17,18)13-2-3-19-4-7(13)10(12)14/h5,7H,2-4H2,1H3,(H2,12,14)(H,15,16). The molecule has 3 N–H and O–H groups in total. The molecule has 116 valence electrons. The van der Waals surface area contributed by atoms with Gasteiger partial charge in [-0.15, -0.1) is 11.3 Å². The molecule has 0 aromatic carbocycles. The van der Waals surface area contributed by atoms with Crippen molar-refractivity contribution in [3.8, 4) is 0 Å². The van der Waals surface area contributed by atoms with Crippen molar-refractivity contribution >= 4 is 33.2 Å². The number of ether oxygens (including phenoxy) is 1. The van der Waals surface area contributed by atoms with Gasteiger partial charge in [0.1, 0.15) is 15.8 Å². The molecule has 0 spiro atoms. The first-order valence-corrected chi connectivity index (χ1v) is 8.29. The highest BCUT2D eigenvalue weighted by molar-refractivity contribution is 7.89. The van der Waals surface area contributed by atoms with E-state index in [4.69, 9.17) is 15.6 Å². The van der Waals surface area contributed by atoms with Crippen molar-refractivity contribution in [2.24, 2.45) is 5.73 Å². The molecule has 0 bridgehead atoms. The number of hydrogen-bond donors (Lipinski definition) is 2. The summed E-state index contributed by atoms with van der Waals surface area (Å²) in [5.41, 5.74) is 5.53. The van der Waals surface area contributed by atoms with Crippen LogP contribution in [-0.4, -0.2) is 55.5 Å². The third kappa shape index (κ3) is 2.79. The molecule has 1 aromatic rings. The third-order valence-electron chi connectivity index (χ3n) is 3.09. The Bertz CT molecular complexity index is 681. The van der Waals surface area contributed by atoms with Gasteiger partial charge in [-0.1, -0.05) is 0 Å². The summed E-state index contributed by atoms with van der Waals surface area (Å²) in [7, 11) is -4.14. The summed E-state index contributed by atoms with van der Waals surface area (Å²) in [6, 6.07) is -1.13. The van der Waals surface area contributed by atoms with Gasteiger partial charge in [0.15, 0.2) is 0 Å². The first-order chi connectivity index (χ1) is 9.76. The second-order valence-corrected chi connectivity index (χ2v) is 7.20. The van der Waals surface area contributed by atoms with E-state index in [2.05, 4.69) is 0 Å². The molecule has 1 aliphatic heterocycles. The molecule has 0 saturated carbocycles. The number of amides is 1. The molecule has 1 fully saturated rings. The highest BCUT2D eigenvalue weighted by Crippen LogP contribution is 2.31. The Morgan fingerprint density at radius 2 is 2.19 bits per heavy atom. The molecule has 1 aromatic heterocycles. The van der Waals surface area contributed by atoms with Crippen LogP contribution in [0.3, 0.4) is 0 Å². The van der Waals surface area contributed by atoms with Gasteiger partial charge in [-0.3, -0.25) is 4.79 Å². The van der Waals surface area contributed by atoms with Crippen LogP contribution in [0.15, 0.2) is 10.3 Å². The summed E-state index contributed by atoms with van der Waals surface area (Å²) in [5.74, 6) is -2.15. The van der Waals surface area contributed by atoms with Crippen molar-refractivity contribution in [2.45, 2.75) is 17.9 Å². The van der Waals surface area contributed by atoms with Gasteiger partial charge in [0, 0.05) is 6.54 Å². The Balaban J connectivity index is 2.53. The number of carboxylic acids is 1. The maximum Gasteiger partial charge on any atom is 0.347 e. The van der Waals surface area contributed by atoms with E-state index >= 15 is 0 Å². The normalized spacial score (nSPS) is 20.3. The van der Waals surface area contributed by atoms with E-state index in [1.807, 2.05) is 0 Å². The quantitative estimate of drug-likeness (QED) is 0.773. The third-order valence-corrected chi connectivity index (χ3v) is 6.40. The van der Waals surface area contributed by atoms with E-state index in [-0.39, 0.29) is 29.5 Å². The van der Waals surface area contributed by atoms with Crippen molar-refractivity contribution in [2.75, 3.05) is 19.8 Å². The van der Waals surface area contributed by atoms with Crippen LogP contribution in [0.1, 0.15) is 15.2 Å². The van der Waals surface area contributed by atoms with E-state index in [0.717, 1.165) is 15.6 Å². The van der Waals surface area contributed by atoms with Gasteiger partial charge in [0.2, 0.25) is 15.9 Å². The van der Waals surface area contributed by atoms with Gasteiger partial charge >= 0.3 is 5.97 Å². The summed E-state index contributed by atoms with van der Waals surface area (Å²) in [4.78, 5) is 22.0. The Morgan fingerprint density at radius 1 is 1.52 bits per heavy atom. The van der Waals surface area contributed by atoms with Gasteiger partial charge in [-0.05, 0) is 17.9 Å². The Morgan fingerprint density at radius 3 is 2.76 bits per heavy atom. The second-order valence-electron chi connectivity index (χ2n) is 4.49. The molecule has 1 saturated heterocycles. The van der Waals surface area contributed by atoms with Crippen LogP contribution >= 0.6 is 11.3 Å². The number of carboxylic acid groups (broad SMARTS) is 1. The number of rotatable bonds is 4. The first-order valence-electron chi connectivity index (χ1n) is 5.97. The smallest absolute Gasteiger partial charge is 0.347 e. The molecule has 2 heterocycles. The van der Waals surface area contributed by atoms with Crippen LogP contribution < -0.4 is 5.73 Å². The van der Waals surface area contributed by atoms with E-state index < -0.39 is 27.9 Å². The summed E-state index contributed by atoms with van der Waals surface area (Å²) >= 11 is 0.832. The van der Waals surface area contributed by atoms with Gasteiger partial charge in [0.25, 0.3) is 0 Å². The predicted octanol–water partition coefficient (Wildman–Crippen LogP) is -0.370. The van der Waals surface area contributed by atoms with Crippen LogP contribution in [-0.2, 0) is 19.6 Å². The van der Waals surface area contributed by atoms with Crippen LogP contribution in [0.2, 0.25) is 0 Å². The van der Waals surface area contributed by atoms with E-state index in [1.54, 1.807) is 0 Å². The lowest BCUT2D eigenvalue weighted by atomic mass is 10.3. The van der Waals surface area contributed by atoms with Gasteiger partial charge in [-0.2, -0.15) is 4.31 Å². The molecular formula is C11H14N2O6S2. The molecule has 0 radical (unpaired) electrons. The SMILES string of the molecule is Cc1csc(C(=O)O)c1S(=O)(=O)N1CCOCC1C(N)=O. The number of carbonyl (C=O) groups is 2.